The zero-order valence-corrected chi connectivity index (χ0v) is 24.6. The quantitative estimate of drug-likeness (QED) is 0.0825. The fraction of sp³-hybridized carbons (Fsp3) is 0.290. The van der Waals surface area contributed by atoms with E-state index in [0.29, 0.717) is 29.0 Å². The Bertz CT molecular complexity index is 1620. The number of amidine groups is 1. The maximum Gasteiger partial charge on any atom is 0.337 e. The van der Waals surface area contributed by atoms with Gasteiger partial charge in [0.05, 0.1) is 36.5 Å². The Labute approximate surface area is 249 Å². The summed E-state index contributed by atoms with van der Waals surface area (Å²) in [7, 11) is 1.91. The molecule has 0 unspecified atom stereocenters. The third-order valence-corrected chi connectivity index (χ3v) is 6.57. The number of rotatable bonds is 12. The van der Waals surface area contributed by atoms with Crippen molar-refractivity contribution >= 4 is 46.2 Å². The number of carbonyl (C=O) groups excluding carboxylic acids is 3. The summed E-state index contributed by atoms with van der Waals surface area (Å²) in [5.41, 5.74) is 9.32. The van der Waals surface area contributed by atoms with E-state index in [1.807, 2.05) is 29.8 Å². The van der Waals surface area contributed by atoms with Gasteiger partial charge in [-0.3, -0.25) is 14.5 Å². The van der Waals surface area contributed by atoms with Crippen LogP contribution in [0.3, 0.4) is 0 Å². The Balaban J connectivity index is 1.47. The smallest absolute Gasteiger partial charge is 0.337 e. The van der Waals surface area contributed by atoms with Crippen molar-refractivity contribution in [3.63, 3.8) is 0 Å². The standard InChI is InChI=1S/C31H35N7O5/c1-5-42-28(39)15-17-38(26-8-6-7-16-33-26)30(40)22-11-14-25-24(18-22)35-27(37(25)4)19-34-23-12-9-21(10-13-23)29(32)36-43-31(41)20(2)3/h6-14,16,18,20,34H,5,15,17,19H2,1-4H3,(H2,32,36). The summed E-state index contributed by atoms with van der Waals surface area (Å²) in [6.45, 7) is 5.99. The number of hydrogen-bond donors (Lipinski definition) is 2. The summed E-state index contributed by atoms with van der Waals surface area (Å²) in [4.78, 5) is 52.6. The number of ether oxygens (including phenoxy) is 1. The number of imidazole rings is 1. The minimum absolute atomic E-state index is 0.0454. The minimum atomic E-state index is -0.459. The van der Waals surface area contributed by atoms with Crippen LogP contribution in [0.2, 0.25) is 0 Å². The second-order valence-electron chi connectivity index (χ2n) is 9.96. The molecular weight excluding hydrogens is 550 g/mol. The van der Waals surface area contributed by atoms with Crippen molar-refractivity contribution in [3.05, 3.63) is 83.8 Å². The number of oxime groups is 1. The lowest BCUT2D eigenvalue weighted by Crippen LogP contribution is -2.34. The third kappa shape index (κ3) is 7.73. The van der Waals surface area contributed by atoms with E-state index < -0.39 is 5.97 Å². The molecular formula is C31H35N7O5. The first-order valence-electron chi connectivity index (χ1n) is 13.9. The maximum absolute atomic E-state index is 13.6. The van der Waals surface area contributed by atoms with Gasteiger partial charge in [0.15, 0.2) is 5.84 Å². The van der Waals surface area contributed by atoms with Gasteiger partial charge < -0.3 is 25.2 Å². The van der Waals surface area contributed by atoms with Crippen LogP contribution in [-0.4, -0.2) is 51.4 Å². The molecule has 0 atom stereocenters. The lowest BCUT2D eigenvalue weighted by atomic mass is 10.1. The number of carbonyl (C=O) groups is 3. The average Bonchev–Trinajstić information content (AvgIpc) is 3.33. The van der Waals surface area contributed by atoms with Crippen molar-refractivity contribution in [2.45, 2.75) is 33.7 Å². The van der Waals surface area contributed by atoms with Crippen LogP contribution in [0.1, 0.15) is 48.9 Å². The molecule has 0 fully saturated rings. The second-order valence-corrected chi connectivity index (χ2v) is 9.96. The van der Waals surface area contributed by atoms with Crippen LogP contribution >= 0.6 is 0 Å². The highest BCUT2D eigenvalue weighted by Crippen LogP contribution is 2.21. The van der Waals surface area contributed by atoms with E-state index in [1.54, 1.807) is 69.4 Å². The highest BCUT2D eigenvalue weighted by molar-refractivity contribution is 6.07. The summed E-state index contributed by atoms with van der Waals surface area (Å²) in [6.07, 6.45) is 1.64. The molecule has 0 bridgehead atoms. The number of aromatic nitrogens is 3. The lowest BCUT2D eigenvalue weighted by molar-refractivity contribution is -0.147. The lowest BCUT2D eigenvalue weighted by Gasteiger charge is -2.21. The van der Waals surface area contributed by atoms with Crippen LogP contribution < -0.4 is 16.0 Å². The Hall–Kier alpha value is -5.26. The highest BCUT2D eigenvalue weighted by Gasteiger charge is 2.21. The van der Waals surface area contributed by atoms with Crippen LogP contribution in [0.5, 0.6) is 0 Å². The number of benzene rings is 2. The SMILES string of the molecule is CCOC(=O)CCN(C(=O)c1ccc2c(c1)nc(CNc1ccc(/C(N)=N/OC(=O)C(C)C)cc1)n2C)c1ccccn1. The molecule has 0 spiro atoms. The van der Waals surface area contributed by atoms with Crippen molar-refractivity contribution in [2.24, 2.45) is 23.9 Å². The first-order chi connectivity index (χ1) is 20.7. The summed E-state index contributed by atoms with van der Waals surface area (Å²) in [5, 5.41) is 7.04. The molecule has 0 saturated heterocycles. The monoisotopic (exact) mass is 585 g/mol. The van der Waals surface area contributed by atoms with Gasteiger partial charge in [-0.05, 0) is 61.5 Å². The molecule has 2 heterocycles. The van der Waals surface area contributed by atoms with E-state index >= 15 is 0 Å². The van der Waals surface area contributed by atoms with Crippen molar-refractivity contribution in [3.8, 4) is 0 Å². The Kier molecular flexibility index (Phi) is 10.0. The third-order valence-electron chi connectivity index (χ3n) is 6.57. The molecule has 0 saturated carbocycles. The Morgan fingerprint density at radius 1 is 1.07 bits per heavy atom. The summed E-state index contributed by atoms with van der Waals surface area (Å²) in [5.74, 6) is -0.137. The summed E-state index contributed by atoms with van der Waals surface area (Å²) >= 11 is 0. The minimum Gasteiger partial charge on any atom is -0.466 e. The fourth-order valence-corrected chi connectivity index (χ4v) is 4.16. The van der Waals surface area contributed by atoms with Crippen LogP contribution in [0.15, 0.2) is 72.0 Å². The molecule has 12 heteroatoms. The van der Waals surface area contributed by atoms with Crippen molar-refractivity contribution in [1.82, 2.24) is 14.5 Å². The number of nitrogens with one attached hydrogen (secondary N) is 1. The predicted molar refractivity (Wildman–Crippen MR) is 163 cm³/mol. The molecule has 4 rings (SSSR count). The van der Waals surface area contributed by atoms with Crippen molar-refractivity contribution in [2.75, 3.05) is 23.4 Å². The van der Waals surface area contributed by atoms with Crippen LogP contribution in [-0.2, 0) is 32.8 Å². The molecule has 0 radical (unpaired) electrons. The molecule has 2 aromatic heterocycles. The van der Waals surface area contributed by atoms with Gasteiger partial charge in [0.1, 0.15) is 11.6 Å². The highest BCUT2D eigenvalue weighted by atomic mass is 16.7. The van der Waals surface area contributed by atoms with Crippen LogP contribution in [0.4, 0.5) is 11.5 Å². The van der Waals surface area contributed by atoms with E-state index in [0.717, 1.165) is 17.0 Å². The largest absolute Gasteiger partial charge is 0.466 e. The number of anilines is 2. The summed E-state index contributed by atoms with van der Waals surface area (Å²) in [6, 6.07) is 17.8. The molecule has 3 N–H and O–H groups in total. The van der Waals surface area contributed by atoms with Crippen molar-refractivity contribution in [1.29, 1.82) is 0 Å². The van der Waals surface area contributed by atoms with Gasteiger partial charge in [-0.1, -0.05) is 25.1 Å². The number of aryl methyl sites for hydroxylation is 1. The molecule has 0 aliphatic rings. The number of hydrogen-bond acceptors (Lipinski definition) is 9. The molecule has 0 aliphatic heterocycles. The van der Waals surface area contributed by atoms with Gasteiger partial charge in [-0.15, -0.1) is 0 Å². The van der Waals surface area contributed by atoms with Gasteiger partial charge in [-0.2, -0.15) is 0 Å². The zero-order valence-electron chi connectivity index (χ0n) is 24.6. The molecule has 2 aromatic carbocycles. The van der Waals surface area contributed by atoms with E-state index in [9.17, 15) is 14.4 Å². The maximum atomic E-state index is 13.6. The van der Waals surface area contributed by atoms with E-state index in [1.165, 1.54) is 4.90 Å². The number of fused-ring (bicyclic) bond motifs is 1. The zero-order chi connectivity index (χ0) is 30.9. The summed E-state index contributed by atoms with van der Waals surface area (Å²) < 4.78 is 6.99. The van der Waals surface area contributed by atoms with Crippen molar-refractivity contribution < 1.29 is 24.0 Å². The molecule has 1 amide bonds. The first-order valence-corrected chi connectivity index (χ1v) is 13.9. The average molecular weight is 586 g/mol. The molecule has 224 valence electrons. The first kappa shape index (κ1) is 30.7. The van der Waals surface area contributed by atoms with Crippen LogP contribution in [0, 0.1) is 5.92 Å². The number of amides is 1. The van der Waals surface area contributed by atoms with E-state index in [-0.39, 0.29) is 43.2 Å². The number of nitrogens with zero attached hydrogens (tertiary/aromatic N) is 5. The molecule has 4 aromatic rings. The molecule has 43 heavy (non-hydrogen) atoms. The van der Waals surface area contributed by atoms with Gasteiger partial charge in [0.2, 0.25) is 0 Å². The number of esters is 1. The van der Waals surface area contributed by atoms with Gasteiger partial charge in [-0.25, -0.2) is 14.8 Å². The van der Waals surface area contributed by atoms with Gasteiger partial charge in [0.25, 0.3) is 5.91 Å². The fourth-order valence-electron chi connectivity index (χ4n) is 4.16. The predicted octanol–water partition coefficient (Wildman–Crippen LogP) is 4.00. The topological polar surface area (TPSA) is 154 Å². The van der Waals surface area contributed by atoms with Crippen LogP contribution in [0.25, 0.3) is 11.0 Å². The second kappa shape index (κ2) is 14.1. The molecule has 0 aliphatic carbocycles. The Morgan fingerprint density at radius 3 is 2.49 bits per heavy atom. The molecule has 12 nitrogen and oxygen atoms in total. The Morgan fingerprint density at radius 2 is 1.81 bits per heavy atom. The normalized spacial score (nSPS) is 11.4. The van der Waals surface area contributed by atoms with Gasteiger partial charge in [0, 0.05) is 36.6 Å². The number of nitrogens with two attached hydrogens (primary N) is 1. The van der Waals surface area contributed by atoms with Gasteiger partial charge >= 0.3 is 11.9 Å². The number of pyridine rings is 1. The van der Waals surface area contributed by atoms with E-state index in [4.69, 9.17) is 20.3 Å². The van der Waals surface area contributed by atoms with E-state index in [2.05, 4.69) is 15.5 Å².